The standard InChI is InChI=1S/C30H30N4O6/c1-36-25-10-9-17(21-16-32-40-28(21)19-13-26(37-2)29(39-4)27(14-19)38-3)12-24(25)34-30(35)22(31)15-20-11-18-7-5-6-8-23(18)33-20/h5-14,16,22,33H,15,31H2,1-4H3,(H,34,35). The molecule has 0 saturated heterocycles. The van der Waals surface area contributed by atoms with Crippen LogP contribution in [0.15, 0.2) is 71.4 Å². The molecule has 206 valence electrons. The van der Waals surface area contributed by atoms with Crippen molar-refractivity contribution in [2.24, 2.45) is 5.73 Å². The Morgan fingerprint density at radius 1 is 0.925 bits per heavy atom. The molecule has 0 fully saturated rings. The molecule has 0 aliphatic heterocycles. The molecular formula is C30H30N4O6. The summed E-state index contributed by atoms with van der Waals surface area (Å²) in [6.45, 7) is 0. The van der Waals surface area contributed by atoms with Gasteiger partial charge in [-0.25, -0.2) is 0 Å². The van der Waals surface area contributed by atoms with Crippen LogP contribution in [0.4, 0.5) is 5.69 Å². The number of hydrogen-bond donors (Lipinski definition) is 3. The Bertz CT molecular complexity index is 1600. The molecule has 0 aliphatic carbocycles. The lowest BCUT2D eigenvalue weighted by atomic mass is 10.0. The number of nitrogens with zero attached hydrogens (tertiary/aromatic N) is 1. The molecule has 0 aliphatic rings. The Morgan fingerprint density at radius 3 is 2.33 bits per heavy atom. The van der Waals surface area contributed by atoms with Gasteiger partial charge in [0.2, 0.25) is 11.7 Å². The first-order chi connectivity index (χ1) is 19.4. The number of aromatic nitrogens is 2. The minimum Gasteiger partial charge on any atom is -0.495 e. The summed E-state index contributed by atoms with van der Waals surface area (Å²) < 4.78 is 27.6. The molecule has 0 saturated carbocycles. The first-order valence-corrected chi connectivity index (χ1v) is 12.5. The van der Waals surface area contributed by atoms with E-state index in [1.54, 1.807) is 51.8 Å². The van der Waals surface area contributed by atoms with Crippen LogP contribution in [0.1, 0.15) is 5.69 Å². The third kappa shape index (κ3) is 5.16. The smallest absolute Gasteiger partial charge is 0.241 e. The second-order valence-corrected chi connectivity index (χ2v) is 9.08. The summed E-state index contributed by atoms with van der Waals surface area (Å²) in [6, 6.07) is 18.1. The maximum Gasteiger partial charge on any atom is 0.241 e. The van der Waals surface area contributed by atoms with Gasteiger partial charge in [-0.3, -0.25) is 4.79 Å². The van der Waals surface area contributed by atoms with Crippen molar-refractivity contribution in [2.75, 3.05) is 33.8 Å². The number of nitrogens with one attached hydrogen (secondary N) is 2. The number of carbonyl (C=O) groups is 1. The van der Waals surface area contributed by atoms with E-state index in [0.717, 1.165) is 22.2 Å². The van der Waals surface area contributed by atoms with E-state index in [-0.39, 0.29) is 5.91 Å². The Morgan fingerprint density at radius 2 is 1.65 bits per heavy atom. The highest BCUT2D eigenvalue weighted by atomic mass is 16.5. The monoisotopic (exact) mass is 542 g/mol. The number of carbonyl (C=O) groups excluding carboxylic acids is 1. The summed E-state index contributed by atoms with van der Waals surface area (Å²) in [6.07, 6.45) is 1.95. The maximum absolute atomic E-state index is 13.1. The molecule has 5 aromatic rings. The second-order valence-electron chi connectivity index (χ2n) is 9.08. The van der Waals surface area contributed by atoms with Crippen LogP contribution >= 0.6 is 0 Å². The summed E-state index contributed by atoms with van der Waals surface area (Å²) in [5, 5.41) is 8.01. The van der Waals surface area contributed by atoms with Gasteiger partial charge < -0.3 is 39.5 Å². The Labute approximate surface area is 231 Å². The first-order valence-electron chi connectivity index (χ1n) is 12.5. The zero-order valence-corrected chi connectivity index (χ0v) is 22.6. The molecule has 5 rings (SSSR count). The highest BCUT2D eigenvalue weighted by Gasteiger charge is 2.22. The molecule has 40 heavy (non-hydrogen) atoms. The first kappa shape index (κ1) is 26.6. The number of aromatic amines is 1. The minimum absolute atomic E-state index is 0.343. The number of H-pyrrole nitrogens is 1. The fourth-order valence-electron chi connectivity index (χ4n) is 4.64. The molecular weight excluding hydrogens is 512 g/mol. The van der Waals surface area contributed by atoms with E-state index in [2.05, 4.69) is 15.5 Å². The SMILES string of the molecule is COc1ccc(-c2cnoc2-c2cc(OC)c(OC)c(OC)c2)cc1NC(=O)C(N)Cc1cc2ccccc2[nH]1. The Hall–Kier alpha value is -4.96. The highest BCUT2D eigenvalue weighted by molar-refractivity contribution is 5.97. The van der Waals surface area contributed by atoms with Crippen molar-refractivity contribution in [3.8, 4) is 45.4 Å². The Kier molecular flexibility index (Phi) is 7.61. The van der Waals surface area contributed by atoms with Crippen molar-refractivity contribution in [3.05, 3.63) is 72.6 Å². The molecule has 0 bridgehead atoms. The molecule has 3 aromatic carbocycles. The average molecular weight is 543 g/mol. The fraction of sp³-hybridized carbons (Fsp3) is 0.200. The van der Waals surface area contributed by atoms with E-state index in [1.165, 1.54) is 7.11 Å². The predicted octanol–water partition coefficient (Wildman–Crippen LogP) is 5.03. The van der Waals surface area contributed by atoms with E-state index in [9.17, 15) is 4.79 Å². The van der Waals surface area contributed by atoms with Crippen LogP contribution in [0, 0.1) is 0 Å². The summed E-state index contributed by atoms with van der Waals surface area (Å²) in [5.41, 5.74) is 10.7. The minimum atomic E-state index is -0.785. The maximum atomic E-state index is 13.1. The van der Waals surface area contributed by atoms with E-state index in [0.29, 0.717) is 52.0 Å². The fourth-order valence-corrected chi connectivity index (χ4v) is 4.64. The molecule has 2 aromatic heterocycles. The van der Waals surface area contributed by atoms with E-state index in [4.69, 9.17) is 29.2 Å². The van der Waals surface area contributed by atoms with Gasteiger partial charge in [-0.1, -0.05) is 29.4 Å². The van der Waals surface area contributed by atoms with Crippen LogP contribution in [0.3, 0.4) is 0 Å². The van der Waals surface area contributed by atoms with Gasteiger partial charge in [-0.2, -0.15) is 0 Å². The summed E-state index contributed by atoms with van der Waals surface area (Å²) in [5.74, 6) is 2.05. The average Bonchev–Trinajstić information content (AvgIpc) is 3.63. The number of fused-ring (bicyclic) bond motifs is 1. The number of ether oxygens (including phenoxy) is 4. The van der Waals surface area contributed by atoms with Crippen molar-refractivity contribution in [1.29, 1.82) is 0 Å². The Balaban J connectivity index is 1.42. The molecule has 1 atom stereocenters. The van der Waals surface area contributed by atoms with Gasteiger partial charge in [0.1, 0.15) is 5.75 Å². The molecule has 2 heterocycles. The molecule has 10 nitrogen and oxygen atoms in total. The van der Waals surface area contributed by atoms with Crippen molar-refractivity contribution in [2.45, 2.75) is 12.5 Å². The zero-order valence-electron chi connectivity index (χ0n) is 22.6. The van der Waals surface area contributed by atoms with E-state index < -0.39 is 6.04 Å². The largest absolute Gasteiger partial charge is 0.495 e. The predicted molar refractivity (Wildman–Crippen MR) is 152 cm³/mol. The molecule has 1 unspecified atom stereocenters. The van der Waals surface area contributed by atoms with Gasteiger partial charge in [0.25, 0.3) is 0 Å². The molecule has 1 amide bonds. The summed E-state index contributed by atoms with van der Waals surface area (Å²) in [4.78, 5) is 16.4. The highest BCUT2D eigenvalue weighted by Crippen LogP contribution is 2.44. The van der Waals surface area contributed by atoms with Crippen molar-refractivity contribution in [3.63, 3.8) is 0 Å². The van der Waals surface area contributed by atoms with Crippen molar-refractivity contribution >= 4 is 22.5 Å². The number of amides is 1. The van der Waals surface area contributed by atoms with Gasteiger partial charge in [-0.05, 0) is 47.3 Å². The number of methoxy groups -OCH3 is 4. The van der Waals surface area contributed by atoms with Gasteiger partial charge in [-0.15, -0.1) is 0 Å². The van der Waals surface area contributed by atoms with Gasteiger partial charge in [0.15, 0.2) is 17.3 Å². The van der Waals surface area contributed by atoms with Crippen molar-refractivity contribution in [1.82, 2.24) is 10.1 Å². The lowest BCUT2D eigenvalue weighted by molar-refractivity contribution is -0.117. The molecule has 0 radical (unpaired) electrons. The van der Waals surface area contributed by atoms with E-state index >= 15 is 0 Å². The molecule has 10 heteroatoms. The summed E-state index contributed by atoms with van der Waals surface area (Å²) >= 11 is 0. The van der Waals surface area contributed by atoms with Crippen LogP contribution in [0.25, 0.3) is 33.4 Å². The van der Waals surface area contributed by atoms with E-state index in [1.807, 2.05) is 36.4 Å². The number of para-hydroxylation sites is 1. The van der Waals surface area contributed by atoms with Gasteiger partial charge in [0.05, 0.1) is 46.4 Å². The lowest BCUT2D eigenvalue weighted by Crippen LogP contribution is -2.37. The third-order valence-corrected chi connectivity index (χ3v) is 6.63. The van der Waals surface area contributed by atoms with Gasteiger partial charge in [0, 0.05) is 28.8 Å². The second kappa shape index (κ2) is 11.4. The number of nitrogens with two attached hydrogens (primary N) is 1. The quantitative estimate of drug-likeness (QED) is 0.224. The van der Waals surface area contributed by atoms with Crippen molar-refractivity contribution < 1.29 is 28.3 Å². The molecule has 4 N–H and O–H groups in total. The number of anilines is 1. The summed E-state index contributed by atoms with van der Waals surface area (Å²) in [7, 11) is 6.17. The van der Waals surface area contributed by atoms with Crippen LogP contribution < -0.4 is 30.0 Å². The van der Waals surface area contributed by atoms with Crippen LogP contribution in [-0.2, 0) is 11.2 Å². The van der Waals surface area contributed by atoms with Crippen LogP contribution in [0.2, 0.25) is 0 Å². The lowest BCUT2D eigenvalue weighted by Gasteiger charge is -2.16. The number of rotatable bonds is 10. The topological polar surface area (TPSA) is 134 Å². The number of benzene rings is 3. The molecule has 0 spiro atoms. The third-order valence-electron chi connectivity index (χ3n) is 6.63. The van der Waals surface area contributed by atoms with Crippen LogP contribution in [0.5, 0.6) is 23.0 Å². The number of hydrogen-bond acceptors (Lipinski definition) is 8. The zero-order chi connectivity index (χ0) is 28.2. The van der Waals surface area contributed by atoms with Crippen LogP contribution in [-0.4, -0.2) is 50.5 Å². The van der Waals surface area contributed by atoms with Gasteiger partial charge >= 0.3 is 0 Å². The normalized spacial score (nSPS) is 11.7.